The molecule has 1 atom stereocenters. The Kier molecular flexibility index (Phi) is 5.31. The molecule has 114 valence electrons. The van der Waals surface area contributed by atoms with Crippen molar-refractivity contribution in [1.82, 2.24) is 15.1 Å². The fourth-order valence-electron chi connectivity index (χ4n) is 2.37. The van der Waals surface area contributed by atoms with Gasteiger partial charge in [-0.25, -0.2) is 8.78 Å². The maximum Gasteiger partial charge on any atom is 0.162 e. The number of hydrogen-bond donors (Lipinski definition) is 1. The van der Waals surface area contributed by atoms with Crippen LogP contribution < -0.4 is 5.32 Å². The molecule has 0 spiro atoms. The molecule has 1 heterocycles. The van der Waals surface area contributed by atoms with E-state index in [9.17, 15) is 8.78 Å². The highest BCUT2D eigenvalue weighted by atomic mass is 35.5. The Hall–Kier alpha value is -1.46. The summed E-state index contributed by atoms with van der Waals surface area (Å²) in [5.74, 6) is -1.65. The van der Waals surface area contributed by atoms with Gasteiger partial charge in [-0.2, -0.15) is 5.10 Å². The van der Waals surface area contributed by atoms with Crippen molar-refractivity contribution in [2.45, 2.75) is 32.4 Å². The first kappa shape index (κ1) is 15.9. The van der Waals surface area contributed by atoms with Crippen molar-refractivity contribution in [3.8, 4) is 0 Å². The van der Waals surface area contributed by atoms with E-state index in [0.717, 1.165) is 24.7 Å². The first-order valence-corrected chi connectivity index (χ1v) is 7.27. The lowest BCUT2D eigenvalue weighted by Gasteiger charge is -2.19. The van der Waals surface area contributed by atoms with Crippen LogP contribution in [-0.2, 0) is 13.0 Å². The smallest absolute Gasteiger partial charge is 0.162 e. The average molecular weight is 314 g/mol. The van der Waals surface area contributed by atoms with Crippen LogP contribution in [0, 0.1) is 11.6 Å². The molecule has 1 N–H and O–H groups in total. The molecule has 0 aliphatic heterocycles. The molecule has 1 aromatic carbocycles. The summed E-state index contributed by atoms with van der Waals surface area (Å²) < 4.78 is 29.0. The van der Waals surface area contributed by atoms with Crippen molar-refractivity contribution in [3.63, 3.8) is 0 Å². The molecule has 2 aromatic rings. The lowest BCUT2D eigenvalue weighted by atomic mass is 10.0. The fraction of sp³-hybridized carbons (Fsp3) is 0.400. The number of likely N-dealkylation sites (N-methyl/N-ethyl adjacent to an activating group) is 1. The van der Waals surface area contributed by atoms with E-state index >= 15 is 0 Å². The summed E-state index contributed by atoms with van der Waals surface area (Å²) in [6, 6.07) is 3.97. The summed E-state index contributed by atoms with van der Waals surface area (Å²) >= 11 is 6.20. The van der Waals surface area contributed by atoms with Crippen LogP contribution in [0.3, 0.4) is 0 Å². The van der Waals surface area contributed by atoms with Gasteiger partial charge >= 0.3 is 0 Å². The Bertz CT molecular complexity index is 613. The van der Waals surface area contributed by atoms with E-state index in [0.29, 0.717) is 17.0 Å². The Morgan fingerprint density at radius 1 is 1.38 bits per heavy atom. The Balaban J connectivity index is 2.32. The highest BCUT2D eigenvalue weighted by Crippen LogP contribution is 2.27. The third-order valence-corrected chi connectivity index (χ3v) is 3.69. The van der Waals surface area contributed by atoms with Gasteiger partial charge in [0.05, 0.1) is 23.0 Å². The van der Waals surface area contributed by atoms with Crippen molar-refractivity contribution in [1.29, 1.82) is 0 Å². The van der Waals surface area contributed by atoms with Crippen LogP contribution in [0.5, 0.6) is 0 Å². The second-order valence-corrected chi connectivity index (χ2v) is 5.27. The van der Waals surface area contributed by atoms with E-state index in [1.165, 1.54) is 6.07 Å². The number of nitrogens with one attached hydrogen (secondary N) is 1. The number of aryl methyl sites for hydroxylation is 1. The predicted octanol–water partition coefficient (Wildman–Crippen LogP) is 3.73. The minimum Gasteiger partial charge on any atom is -0.311 e. The molecule has 0 saturated heterocycles. The second-order valence-electron chi connectivity index (χ2n) is 4.86. The highest BCUT2D eigenvalue weighted by molar-refractivity contribution is 6.31. The molecule has 21 heavy (non-hydrogen) atoms. The SMILES string of the molecule is CCCn1ncc(Cl)c1C(Cc1cccc(F)c1F)NC. The Morgan fingerprint density at radius 2 is 2.14 bits per heavy atom. The second kappa shape index (κ2) is 7.00. The van der Waals surface area contributed by atoms with E-state index in [-0.39, 0.29) is 6.04 Å². The van der Waals surface area contributed by atoms with Gasteiger partial charge in [-0.1, -0.05) is 30.7 Å². The molecular weight excluding hydrogens is 296 g/mol. The van der Waals surface area contributed by atoms with Crippen LogP contribution in [0.2, 0.25) is 5.02 Å². The zero-order chi connectivity index (χ0) is 15.4. The van der Waals surface area contributed by atoms with E-state index in [1.54, 1.807) is 24.0 Å². The average Bonchev–Trinajstić information content (AvgIpc) is 2.82. The van der Waals surface area contributed by atoms with Crippen molar-refractivity contribution in [2.24, 2.45) is 0 Å². The number of hydrogen-bond acceptors (Lipinski definition) is 2. The third-order valence-electron chi connectivity index (χ3n) is 3.40. The van der Waals surface area contributed by atoms with E-state index in [2.05, 4.69) is 10.4 Å². The number of rotatable bonds is 6. The van der Waals surface area contributed by atoms with Crippen LogP contribution in [0.25, 0.3) is 0 Å². The molecule has 0 bridgehead atoms. The van der Waals surface area contributed by atoms with Gasteiger partial charge in [0.25, 0.3) is 0 Å². The van der Waals surface area contributed by atoms with Gasteiger partial charge in [-0.05, 0) is 31.5 Å². The quantitative estimate of drug-likeness (QED) is 0.880. The van der Waals surface area contributed by atoms with Crippen LogP contribution in [-0.4, -0.2) is 16.8 Å². The van der Waals surface area contributed by atoms with E-state index in [1.807, 2.05) is 6.92 Å². The topological polar surface area (TPSA) is 29.9 Å². The zero-order valence-electron chi connectivity index (χ0n) is 12.0. The van der Waals surface area contributed by atoms with Gasteiger partial charge in [-0.3, -0.25) is 4.68 Å². The summed E-state index contributed by atoms with van der Waals surface area (Å²) in [4.78, 5) is 0. The van der Waals surface area contributed by atoms with Crippen LogP contribution in [0.15, 0.2) is 24.4 Å². The molecule has 0 saturated carbocycles. The lowest BCUT2D eigenvalue weighted by Crippen LogP contribution is -2.23. The summed E-state index contributed by atoms with van der Waals surface area (Å²) in [6.07, 6.45) is 2.80. The van der Waals surface area contributed by atoms with Crippen LogP contribution in [0.1, 0.15) is 30.6 Å². The first-order chi connectivity index (χ1) is 10.1. The molecule has 1 aromatic heterocycles. The molecule has 0 radical (unpaired) electrons. The summed E-state index contributed by atoms with van der Waals surface area (Å²) in [7, 11) is 1.77. The molecule has 3 nitrogen and oxygen atoms in total. The maximum atomic E-state index is 13.8. The third kappa shape index (κ3) is 3.41. The summed E-state index contributed by atoms with van der Waals surface area (Å²) in [5, 5.41) is 7.87. The van der Waals surface area contributed by atoms with E-state index < -0.39 is 11.6 Å². The Labute approximate surface area is 127 Å². The molecule has 0 fully saturated rings. The monoisotopic (exact) mass is 313 g/mol. The van der Waals surface area contributed by atoms with Crippen LogP contribution >= 0.6 is 11.6 Å². The normalized spacial score (nSPS) is 12.6. The van der Waals surface area contributed by atoms with Gasteiger partial charge in [0.1, 0.15) is 0 Å². The van der Waals surface area contributed by atoms with Gasteiger partial charge in [0, 0.05) is 6.54 Å². The largest absolute Gasteiger partial charge is 0.311 e. The van der Waals surface area contributed by atoms with Crippen molar-refractivity contribution < 1.29 is 8.78 Å². The van der Waals surface area contributed by atoms with Gasteiger partial charge in [0.15, 0.2) is 11.6 Å². The molecule has 0 aliphatic rings. The number of aromatic nitrogens is 2. The molecule has 0 amide bonds. The Morgan fingerprint density at radius 3 is 2.81 bits per heavy atom. The first-order valence-electron chi connectivity index (χ1n) is 6.89. The maximum absolute atomic E-state index is 13.8. The lowest BCUT2D eigenvalue weighted by molar-refractivity contribution is 0.469. The van der Waals surface area contributed by atoms with Crippen molar-refractivity contribution in [2.75, 3.05) is 7.05 Å². The van der Waals surface area contributed by atoms with Gasteiger partial charge in [0.2, 0.25) is 0 Å². The highest BCUT2D eigenvalue weighted by Gasteiger charge is 2.21. The van der Waals surface area contributed by atoms with Crippen molar-refractivity contribution >= 4 is 11.6 Å². The van der Waals surface area contributed by atoms with Crippen LogP contribution in [0.4, 0.5) is 8.78 Å². The molecule has 1 unspecified atom stereocenters. The standard InChI is InChI=1S/C15H18ClF2N3/c1-3-7-21-15(11(16)9-20-21)13(19-2)8-10-5-4-6-12(17)14(10)18/h4-6,9,13,19H,3,7-8H2,1-2H3. The number of halogens is 3. The molecule has 0 aliphatic carbocycles. The fourth-order valence-corrected chi connectivity index (χ4v) is 2.64. The zero-order valence-corrected chi connectivity index (χ0v) is 12.8. The minimum absolute atomic E-state index is 0.233. The summed E-state index contributed by atoms with van der Waals surface area (Å²) in [5.41, 5.74) is 1.11. The predicted molar refractivity (Wildman–Crippen MR) is 79.4 cm³/mol. The number of nitrogens with zero attached hydrogens (tertiary/aromatic N) is 2. The summed E-state index contributed by atoms with van der Waals surface area (Å²) in [6.45, 7) is 2.77. The minimum atomic E-state index is -0.837. The molecular formula is C15H18ClF2N3. The molecule has 2 rings (SSSR count). The van der Waals surface area contributed by atoms with E-state index in [4.69, 9.17) is 11.6 Å². The number of benzene rings is 1. The molecule has 6 heteroatoms. The van der Waals surface area contributed by atoms with Gasteiger partial charge in [-0.15, -0.1) is 0 Å². The van der Waals surface area contributed by atoms with Gasteiger partial charge < -0.3 is 5.32 Å². The van der Waals surface area contributed by atoms with Crippen molar-refractivity contribution in [3.05, 3.63) is 52.3 Å².